The fourth-order valence-corrected chi connectivity index (χ4v) is 4.41. The molecule has 1 N–H and O–H groups in total. The second-order valence-electron chi connectivity index (χ2n) is 9.33. The zero-order valence-electron chi connectivity index (χ0n) is 21.6. The molecule has 1 fully saturated rings. The van der Waals surface area contributed by atoms with Crippen LogP contribution in [0.3, 0.4) is 0 Å². The first-order valence-corrected chi connectivity index (χ1v) is 12.5. The quantitative estimate of drug-likeness (QED) is 0.157. The molecular formula is C30H30F2N2O4. The normalized spacial score (nSPS) is 16.7. The largest absolute Gasteiger partial charge is 0.507 e. The Morgan fingerprint density at radius 1 is 0.947 bits per heavy atom. The van der Waals surface area contributed by atoms with Gasteiger partial charge in [-0.1, -0.05) is 31.9 Å². The number of hydrogen-bond acceptors (Lipinski definition) is 5. The molecule has 1 aliphatic rings. The van der Waals surface area contributed by atoms with E-state index in [0.29, 0.717) is 23.5 Å². The van der Waals surface area contributed by atoms with Gasteiger partial charge in [0.1, 0.15) is 11.5 Å². The molecule has 1 atom stereocenters. The molecule has 0 aromatic heterocycles. The molecule has 1 heterocycles. The first-order valence-electron chi connectivity index (χ1n) is 12.5. The van der Waals surface area contributed by atoms with Gasteiger partial charge in [0.15, 0.2) is 11.6 Å². The SMILES string of the molecule is CCCCCOc1ccc(/C(O)=C2\C(=O)C(=O)N(c3ccc(F)c(F)c3)C2c2ccc(N(C)C)cc2)cc1. The highest BCUT2D eigenvalue weighted by atomic mass is 19.2. The fraction of sp³-hybridized carbons (Fsp3) is 0.267. The summed E-state index contributed by atoms with van der Waals surface area (Å²) in [5.74, 6) is -3.85. The van der Waals surface area contributed by atoms with E-state index in [4.69, 9.17) is 4.74 Å². The number of carbonyl (C=O) groups excluding carboxylic acids is 2. The number of rotatable bonds is 9. The van der Waals surface area contributed by atoms with Crippen LogP contribution in [0.2, 0.25) is 0 Å². The highest BCUT2D eigenvalue weighted by molar-refractivity contribution is 6.51. The average Bonchev–Trinajstić information content (AvgIpc) is 3.18. The summed E-state index contributed by atoms with van der Waals surface area (Å²) >= 11 is 0. The highest BCUT2D eigenvalue weighted by Gasteiger charge is 2.47. The van der Waals surface area contributed by atoms with Gasteiger partial charge in [0.05, 0.1) is 18.2 Å². The standard InChI is InChI=1S/C30H30F2N2O4/c1-4-5-6-17-38-23-14-9-20(10-15-23)28(35)26-27(19-7-11-21(12-8-19)33(2)3)34(30(37)29(26)36)22-13-16-24(31)25(32)18-22/h7-16,18,27,35H,4-6,17H2,1-3H3/b28-26+. The monoisotopic (exact) mass is 520 g/mol. The number of nitrogens with zero attached hydrogens (tertiary/aromatic N) is 2. The Morgan fingerprint density at radius 2 is 1.63 bits per heavy atom. The summed E-state index contributed by atoms with van der Waals surface area (Å²) in [6, 6.07) is 15.6. The fourth-order valence-electron chi connectivity index (χ4n) is 4.41. The summed E-state index contributed by atoms with van der Waals surface area (Å²) in [6.07, 6.45) is 3.07. The third-order valence-corrected chi connectivity index (χ3v) is 6.50. The molecule has 0 spiro atoms. The Hall–Kier alpha value is -4.20. The van der Waals surface area contributed by atoms with Crippen molar-refractivity contribution in [3.8, 4) is 5.75 Å². The lowest BCUT2D eigenvalue weighted by atomic mass is 9.95. The molecule has 1 saturated heterocycles. The van der Waals surface area contributed by atoms with Gasteiger partial charge < -0.3 is 14.7 Å². The Bertz CT molecular complexity index is 1350. The Labute approximate surface area is 220 Å². The first kappa shape index (κ1) is 26.9. The van der Waals surface area contributed by atoms with E-state index in [1.165, 1.54) is 6.07 Å². The van der Waals surface area contributed by atoms with Crippen LogP contribution in [0.15, 0.2) is 72.3 Å². The third kappa shape index (κ3) is 5.39. The van der Waals surface area contributed by atoms with Gasteiger partial charge in [0.2, 0.25) is 0 Å². The number of benzene rings is 3. The van der Waals surface area contributed by atoms with Gasteiger partial charge in [-0.25, -0.2) is 8.78 Å². The van der Waals surface area contributed by atoms with Crippen molar-refractivity contribution in [1.82, 2.24) is 0 Å². The number of amides is 1. The number of aliphatic hydroxyl groups is 1. The molecule has 0 radical (unpaired) electrons. The maximum absolute atomic E-state index is 14.1. The predicted octanol–water partition coefficient (Wildman–Crippen LogP) is 6.23. The second-order valence-corrected chi connectivity index (χ2v) is 9.33. The molecule has 1 unspecified atom stereocenters. The maximum Gasteiger partial charge on any atom is 0.300 e. The zero-order valence-corrected chi connectivity index (χ0v) is 21.6. The van der Waals surface area contributed by atoms with E-state index in [1.807, 2.05) is 31.1 Å². The van der Waals surface area contributed by atoms with Gasteiger partial charge in [0.25, 0.3) is 11.7 Å². The van der Waals surface area contributed by atoms with Crippen molar-refractivity contribution in [2.45, 2.75) is 32.2 Å². The van der Waals surface area contributed by atoms with Crippen LogP contribution in [0.25, 0.3) is 5.76 Å². The molecular weight excluding hydrogens is 490 g/mol. The van der Waals surface area contributed by atoms with Crippen LogP contribution >= 0.6 is 0 Å². The van der Waals surface area contributed by atoms with E-state index >= 15 is 0 Å². The van der Waals surface area contributed by atoms with E-state index in [2.05, 4.69) is 6.92 Å². The number of unbranched alkanes of at least 4 members (excludes halogenated alkanes) is 2. The van der Waals surface area contributed by atoms with Crippen LogP contribution in [-0.4, -0.2) is 37.5 Å². The van der Waals surface area contributed by atoms with Crippen LogP contribution in [0.5, 0.6) is 5.75 Å². The van der Waals surface area contributed by atoms with E-state index in [1.54, 1.807) is 36.4 Å². The average molecular weight is 521 g/mol. The van der Waals surface area contributed by atoms with Crippen molar-refractivity contribution >= 4 is 28.8 Å². The number of halogens is 2. The summed E-state index contributed by atoms with van der Waals surface area (Å²) < 4.78 is 33.5. The summed E-state index contributed by atoms with van der Waals surface area (Å²) in [5.41, 5.74) is 1.59. The lowest BCUT2D eigenvalue weighted by Gasteiger charge is -2.26. The van der Waals surface area contributed by atoms with Gasteiger partial charge in [-0.05, 0) is 60.5 Å². The van der Waals surface area contributed by atoms with Crippen LogP contribution in [0, 0.1) is 11.6 Å². The molecule has 0 bridgehead atoms. The van der Waals surface area contributed by atoms with Crippen molar-refractivity contribution in [1.29, 1.82) is 0 Å². The molecule has 198 valence electrons. The number of hydrogen-bond donors (Lipinski definition) is 1. The summed E-state index contributed by atoms with van der Waals surface area (Å²) in [7, 11) is 3.75. The van der Waals surface area contributed by atoms with E-state index < -0.39 is 29.4 Å². The minimum Gasteiger partial charge on any atom is -0.507 e. The Balaban J connectivity index is 1.78. The van der Waals surface area contributed by atoms with Crippen LogP contribution in [0.1, 0.15) is 43.4 Å². The number of anilines is 2. The van der Waals surface area contributed by atoms with E-state index in [0.717, 1.165) is 42.0 Å². The molecule has 3 aromatic rings. The first-order chi connectivity index (χ1) is 18.2. The Morgan fingerprint density at radius 3 is 2.24 bits per heavy atom. The molecule has 3 aromatic carbocycles. The smallest absolute Gasteiger partial charge is 0.300 e. The van der Waals surface area contributed by atoms with Crippen molar-refractivity contribution in [3.63, 3.8) is 0 Å². The van der Waals surface area contributed by atoms with Crippen LogP contribution < -0.4 is 14.5 Å². The van der Waals surface area contributed by atoms with Gasteiger partial charge in [-0.15, -0.1) is 0 Å². The van der Waals surface area contributed by atoms with Gasteiger partial charge in [-0.2, -0.15) is 0 Å². The maximum atomic E-state index is 14.1. The van der Waals surface area contributed by atoms with E-state index in [9.17, 15) is 23.5 Å². The highest BCUT2D eigenvalue weighted by Crippen LogP contribution is 2.42. The number of Topliss-reactive ketones (excluding diaryl/α,β-unsaturated/α-hetero) is 1. The second kappa shape index (κ2) is 11.5. The third-order valence-electron chi connectivity index (χ3n) is 6.50. The number of carbonyl (C=O) groups is 2. The summed E-state index contributed by atoms with van der Waals surface area (Å²) in [4.78, 5) is 29.5. The van der Waals surface area contributed by atoms with Crippen molar-refractivity contribution < 1.29 is 28.2 Å². The Kier molecular flexibility index (Phi) is 8.10. The van der Waals surface area contributed by atoms with Gasteiger partial charge in [-0.3, -0.25) is 14.5 Å². The number of aliphatic hydroxyl groups excluding tert-OH is 1. The molecule has 4 rings (SSSR count). The number of ether oxygens (including phenoxy) is 1. The minimum atomic E-state index is -1.15. The van der Waals surface area contributed by atoms with Crippen molar-refractivity contribution in [2.75, 3.05) is 30.5 Å². The molecule has 0 aliphatic carbocycles. The molecule has 8 heteroatoms. The van der Waals surface area contributed by atoms with E-state index in [-0.39, 0.29) is 17.0 Å². The topological polar surface area (TPSA) is 70.1 Å². The lowest BCUT2D eigenvalue weighted by molar-refractivity contribution is -0.132. The van der Waals surface area contributed by atoms with Crippen LogP contribution in [0.4, 0.5) is 20.2 Å². The van der Waals surface area contributed by atoms with Gasteiger partial charge >= 0.3 is 0 Å². The van der Waals surface area contributed by atoms with Crippen LogP contribution in [-0.2, 0) is 9.59 Å². The van der Waals surface area contributed by atoms with Crippen molar-refractivity contribution in [3.05, 3.63) is 95.1 Å². The molecule has 38 heavy (non-hydrogen) atoms. The summed E-state index contributed by atoms with van der Waals surface area (Å²) in [5, 5.41) is 11.3. The molecule has 1 aliphatic heterocycles. The molecule has 0 saturated carbocycles. The van der Waals surface area contributed by atoms with Crippen molar-refractivity contribution in [2.24, 2.45) is 0 Å². The molecule has 6 nitrogen and oxygen atoms in total. The number of ketones is 1. The molecule has 1 amide bonds. The lowest BCUT2D eigenvalue weighted by Crippen LogP contribution is -2.29. The zero-order chi connectivity index (χ0) is 27.4. The summed E-state index contributed by atoms with van der Waals surface area (Å²) in [6.45, 7) is 2.68. The predicted molar refractivity (Wildman–Crippen MR) is 143 cm³/mol. The minimum absolute atomic E-state index is 0.00237. The van der Waals surface area contributed by atoms with Gasteiger partial charge in [0, 0.05) is 37.1 Å².